The van der Waals surface area contributed by atoms with Gasteiger partial charge in [0.15, 0.2) is 0 Å². The van der Waals surface area contributed by atoms with E-state index in [1.54, 1.807) is 0 Å². The number of benzene rings is 1. The van der Waals surface area contributed by atoms with Gasteiger partial charge in [-0.15, -0.1) is 0 Å². The maximum atomic E-state index is 11.7. The highest BCUT2D eigenvalue weighted by atomic mass is 16.6. The standard InChI is InChI=1S/C11H15N3O3/c1-2-3-7-13-11(15)8-5-4-6-9(10(8)12)14(16)17/h4-6H,2-3,7,12H2,1H3,(H,13,15). The van der Waals surface area contributed by atoms with Crippen molar-refractivity contribution in [1.82, 2.24) is 5.32 Å². The van der Waals surface area contributed by atoms with Crippen molar-refractivity contribution in [1.29, 1.82) is 0 Å². The van der Waals surface area contributed by atoms with Crippen molar-refractivity contribution in [2.24, 2.45) is 0 Å². The van der Waals surface area contributed by atoms with Crippen LogP contribution in [0.25, 0.3) is 0 Å². The normalized spacial score (nSPS) is 9.94. The lowest BCUT2D eigenvalue weighted by atomic mass is 10.1. The van der Waals surface area contributed by atoms with Crippen molar-refractivity contribution >= 4 is 17.3 Å². The monoisotopic (exact) mass is 237 g/mol. The molecule has 0 aliphatic heterocycles. The van der Waals surface area contributed by atoms with E-state index in [1.165, 1.54) is 18.2 Å². The molecule has 0 aromatic heterocycles. The minimum Gasteiger partial charge on any atom is -0.393 e. The number of para-hydroxylation sites is 1. The average Bonchev–Trinajstić information content (AvgIpc) is 2.29. The van der Waals surface area contributed by atoms with Crippen molar-refractivity contribution in [3.05, 3.63) is 33.9 Å². The second kappa shape index (κ2) is 5.83. The molecule has 0 aliphatic carbocycles. The number of carbonyl (C=O) groups excluding carboxylic acids is 1. The molecule has 0 radical (unpaired) electrons. The quantitative estimate of drug-likeness (QED) is 0.352. The zero-order valence-electron chi connectivity index (χ0n) is 9.60. The molecule has 0 atom stereocenters. The molecule has 92 valence electrons. The van der Waals surface area contributed by atoms with Gasteiger partial charge in [0.1, 0.15) is 5.69 Å². The number of carbonyl (C=O) groups is 1. The molecule has 0 saturated carbocycles. The molecule has 0 unspecified atom stereocenters. The highest BCUT2D eigenvalue weighted by Gasteiger charge is 2.18. The van der Waals surface area contributed by atoms with E-state index in [2.05, 4.69) is 5.32 Å². The Morgan fingerprint density at radius 1 is 1.53 bits per heavy atom. The van der Waals surface area contributed by atoms with Crippen LogP contribution in [0.5, 0.6) is 0 Å². The number of hydrogen-bond donors (Lipinski definition) is 2. The molecular weight excluding hydrogens is 222 g/mol. The largest absolute Gasteiger partial charge is 0.393 e. The molecule has 6 nitrogen and oxygen atoms in total. The molecule has 0 heterocycles. The average molecular weight is 237 g/mol. The predicted molar refractivity (Wildman–Crippen MR) is 64.8 cm³/mol. The summed E-state index contributed by atoms with van der Waals surface area (Å²) in [5, 5.41) is 13.3. The summed E-state index contributed by atoms with van der Waals surface area (Å²) in [5.41, 5.74) is 5.40. The highest BCUT2D eigenvalue weighted by Crippen LogP contribution is 2.24. The minimum atomic E-state index is -0.599. The lowest BCUT2D eigenvalue weighted by Gasteiger charge is -2.06. The number of nitro groups is 1. The van der Waals surface area contributed by atoms with Gasteiger partial charge in [0.25, 0.3) is 11.6 Å². The molecule has 0 bridgehead atoms. The van der Waals surface area contributed by atoms with E-state index in [9.17, 15) is 14.9 Å². The molecule has 0 fully saturated rings. The first-order chi connectivity index (χ1) is 8.07. The fourth-order valence-electron chi connectivity index (χ4n) is 1.38. The number of nitrogen functional groups attached to an aromatic ring is 1. The number of unbranched alkanes of at least 4 members (excludes halogenated alkanes) is 1. The van der Waals surface area contributed by atoms with Gasteiger partial charge in [0.05, 0.1) is 10.5 Å². The summed E-state index contributed by atoms with van der Waals surface area (Å²) < 4.78 is 0. The van der Waals surface area contributed by atoms with Crippen molar-refractivity contribution in [2.45, 2.75) is 19.8 Å². The van der Waals surface area contributed by atoms with Gasteiger partial charge < -0.3 is 11.1 Å². The summed E-state index contributed by atoms with van der Waals surface area (Å²) in [5.74, 6) is -0.375. The topological polar surface area (TPSA) is 98.3 Å². The molecule has 0 spiro atoms. The van der Waals surface area contributed by atoms with Crippen LogP contribution < -0.4 is 11.1 Å². The molecule has 0 aliphatic rings. The van der Waals surface area contributed by atoms with Crippen LogP contribution in [0, 0.1) is 10.1 Å². The minimum absolute atomic E-state index is 0.0912. The van der Waals surface area contributed by atoms with Crippen LogP contribution in [-0.2, 0) is 0 Å². The first kappa shape index (κ1) is 13.0. The number of rotatable bonds is 5. The van der Waals surface area contributed by atoms with Crippen molar-refractivity contribution in [3.63, 3.8) is 0 Å². The van der Waals surface area contributed by atoms with Crippen molar-refractivity contribution < 1.29 is 9.72 Å². The fourth-order valence-corrected chi connectivity index (χ4v) is 1.38. The molecule has 0 saturated heterocycles. The van der Waals surface area contributed by atoms with Crippen LogP contribution in [0.15, 0.2) is 18.2 Å². The van der Waals surface area contributed by atoms with E-state index in [-0.39, 0.29) is 22.8 Å². The lowest BCUT2D eigenvalue weighted by molar-refractivity contribution is -0.383. The number of nitrogens with two attached hydrogens (primary N) is 1. The zero-order valence-corrected chi connectivity index (χ0v) is 9.60. The molecule has 1 rings (SSSR count). The molecule has 1 aromatic rings. The first-order valence-corrected chi connectivity index (χ1v) is 5.39. The zero-order chi connectivity index (χ0) is 12.8. The van der Waals surface area contributed by atoms with Crippen LogP contribution in [-0.4, -0.2) is 17.4 Å². The SMILES string of the molecule is CCCCNC(=O)c1cccc([N+](=O)[O-])c1N. The number of hydrogen-bond acceptors (Lipinski definition) is 4. The Kier molecular flexibility index (Phi) is 4.45. The van der Waals surface area contributed by atoms with Crippen LogP contribution in [0.3, 0.4) is 0 Å². The predicted octanol–water partition coefficient (Wildman–Crippen LogP) is 1.71. The fraction of sp³-hybridized carbons (Fsp3) is 0.364. The van der Waals surface area contributed by atoms with Crippen LogP contribution in [0.2, 0.25) is 0 Å². The van der Waals surface area contributed by atoms with Crippen LogP contribution in [0.4, 0.5) is 11.4 Å². The molecule has 1 amide bonds. The Hall–Kier alpha value is -2.11. The summed E-state index contributed by atoms with van der Waals surface area (Å²) in [6.07, 6.45) is 1.82. The number of nitro benzene ring substituents is 1. The van der Waals surface area contributed by atoms with Gasteiger partial charge in [-0.05, 0) is 12.5 Å². The van der Waals surface area contributed by atoms with Crippen LogP contribution in [0.1, 0.15) is 30.1 Å². The Labute approximate surface area is 99.0 Å². The van der Waals surface area contributed by atoms with Crippen molar-refractivity contribution in [3.8, 4) is 0 Å². The maximum Gasteiger partial charge on any atom is 0.292 e. The van der Waals surface area contributed by atoms with Gasteiger partial charge >= 0.3 is 0 Å². The number of nitrogens with zero attached hydrogens (tertiary/aromatic N) is 1. The van der Waals surface area contributed by atoms with Gasteiger partial charge in [0.2, 0.25) is 0 Å². The summed E-state index contributed by atoms with van der Waals surface area (Å²) in [6.45, 7) is 2.55. The van der Waals surface area contributed by atoms with E-state index in [0.29, 0.717) is 6.54 Å². The van der Waals surface area contributed by atoms with Gasteiger partial charge in [-0.2, -0.15) is 0 Å². The molecule has 17 heavy (non-hydrogen) atoms. The van der Waals surface area contributed by atoms with Gasteiger partial charge in [-0.1, -0.05) is 19.4 Å². The maximum absolute atomic E-state index is 11.7. The Bertz CT molecular complexity index is 432. The number of nitrogens with one attached hydrogen (secondary N) is 1. The third-order valence-corrected chi connectivity index (χ3v) is 2.34. The van der Waals surface area contributed by atoms with E-state index >= 15 is 0 Å². The van der Waals surface area contributed by atoms with Gasteiger partial charge in [-0.25, -0.2) is 0 Å². The summed E-state index contributed by atoms with van der Waals surface area (Å²) in [4.78, 5) is 21.8. The van der Waals surface area contributed by atoms with E-state index in [4.69, 9.17) is 5.73 Å². The van der Waals surface area contributed by atoms with Crippen LogP contribution >= 0.6 is 0 Å². The first-order valence-electron chi connectivity index (χ1n) is 5.39. The third kappa shape index (κ3) is 3.17. The Balaban J connectivity index is 2.87. The smallest absolute Gasteiger partial charge is 0.292 e. The third-order valence-electron chi connectivity index (χ3n) is 2.34. The molecule has 1 aromatic carbocycles. The highest BCUT2D eigenvalue weighted by molar-refractivity contribution is 6.00. The molecule has 3 N–H and O–H groups in total. The summed E-state index contributed by atoms with van der Waals surface area (Å²) >= 11 is 0. The lowest BCUT2D eigenvalue weighted by Crippen LogP contribution is -2.25. The van der Waals surface area contributed by atoms with Gasteiger partial charge in [0, 0.05) is 12.6 Å². The summed E-state index contributed by atoms with van der Waals surface area (Å²) in [7, 11) is 0. The number of anilines is 1. The molecule has 6 heteroatoms. The summed E-state index contributed by atoms with van der Waals surface area (Å²) in [6, 6.07) is 4.20. The van der Waals surface area contributed by atoms with Gasteiger partial charge in [-0.3, -0.25) is 14.9 Å². The number of amides is 1. The Morgan fingerprint density at radius 3 is 2.82 bits per heavy atom. The van der Waals surface area contributed by atoms with E-state index < -0.39 is 4.92 Å². The second-order valence-electron chi connectivity index (χ2n) is 3.60. The second-order valence-corrected chi connectivity index (χ2v) is 3.60. The molecular formula is C11H15N3O3. The van der Waals surface area contributed by atoms with E-state index in [0.717, 1.165) is 12.8 Å². The van der Waals surface area contributed by atoms with Crippen molar-refractivity contribution in [2.75, 3.05) is 12.3 Å². The van der Waals surface area contributed by atoms with E-state index in [1.807, 2.05) is 6.92 Å². The Morgan fingerprint density at radius 2 is 2.24 bits per heavy atom.